The molecule has 0 saturated carbocycles. The van der Waals surface area contributed by atoms with Crippen LogP contribution < -0.4 is 5.43 Å². The maximum Gasteiger partial charge on any atom is 0.250 e. The number of phenols is 1. The lowest BCUT2D eigenvalue weighted by Crippen LogP contribution is -2.19. The molecule has 0 atom stereocenters. The molecule has 2 rings (SSSR count). The molecular formula is C15H14ClIN4O2S. The van der Waals surface area contributed by atoms with Gasteiger partial charge in [0.2, 0.25) is 0 Å². The van der Waals surface area contributed by atoms with E-state index in [2.05, 4.69) is 20.5 Å². The molecule has 0 spiro atoms. The molecule has 2 aromatic rings. The van der Waals surface area contributed by atoms with E-state index in [1.807, 2.05) is 42.5 Å². The van der Waals surface area contributed by atoms with E-state index < -0.39 is 0 Å². The highest BCUT2D eigenvalue weighted by Crippen LogP contribution is 2.27. The third-order valence-electron chi connectivity index (χ3n) is 2.74. The van der Waals surface area contributed by atoms with Gasteiger partial charge in [-0.15, -0.1) is 0 Å². The summed E-state index contributed by atoms with van der Waals surface area (Å²) >= 11 is 9.12. The Morgan fingerprint density at radius 3 is 2.71 bits per heavy atom. The summed E-state index contributed by atoms with van der Waals surface area (Å²) < 4.78 is 0.607. The molecular weight excluding hydrogens is 463 g/mol. The molecule has 0 saturated heterocycles. The van der Waals surface area contributed by atoms with Crippen LogP contribution in [0.3, 0.4) is 0 Å². The Kier molecular flexibility index (Phi) is 6.81. The van der Waals surface area contributed by atoms with Crippen LogP contribution in [0.25, 0.3) is 0 Å². The standard InChI is InChI=1S/C15H14ClIN4O2S/c1-8-3-9(2)20-15(19-8)24-7-13(22)21-18-6-10-4-11(16)5-12(17)14(10)23/h3-6,23H,7H2,1-2H3,(H,21,22)/b18-6-. The molecule has 0 aliphatic rings. The van der Waals surface area contributed by atoms with Crippen molar-refractivity contribution in [3.8, 4) is 5.75 Å². The van der Waals surface area contributed by atoms with E-state index in [0.29, 0.717) is 19.3 Å². The minimum atomic E-state index is -0.296. The summed E-state index contributed by atoms with van der Waals surface area (Å²) in [6, 6.07) is 5.06. The fourth-order valence-corrected chi connectivity index (χ4v) is 3.58. The van der Waals surface area contributed by atoms with Gasteiger partial charge >= 0.3 is 0 Å². The zero-order valence-corrected chi connectivity index (χ0v) is 16.6. The summed E-state index contributed by atoms with van der Waals surface area (Å²) in [6.07, 6.45) is 1.35. The molecule has 0 unspecified atom stereocenters. The number of carbonyl (C=O) groups is 1. The van der Waals surface area contributed by atoms with Crippen molar-refractivity contribution in [3.63, 3.8) is 0 Å². The fraction of sp³-hybridized carbons (Fsp3) is 0.200. The van der Waals surface area contributed by atoms with Crippen LogP contribution in [0.4, 0.5) is 0 Å². The molecule has 0 fully saturated rings. The zero-order valence-electron chi connectivity index (χ0n) is 12.9. The Labute approximate surface area is 162 Å². The average molecular weight is 477 g/mol. The number of hydrogen-bond donors (Lipinski definition) is 2. The molecule has 9 heteroatoms. The summed E-state index contributed by atoms with van der Waals surface area (Å²) in [5.74, 6) is -0.0921. The van der Waals surface area contributed by atoms with E-state index in [9.17, 15) is 9.90 Å². The molecule has 24 heavy (non-hydrogen) atoms. The first-order chi connectivity index (χ1) is 11.3. The fourth-order valence-electron chi connectivity index (χ4n) is 1.78. The van der Waals surface area contributed by atoms with Gasteiger partial charge in [0.05, 0.1) is 15.5 Å². The number of aromatic nitrogens is 2. The Hall–Kier alpha value is -1.39. The number of amides is 1. The number of benzene rings is 1. The number of thioether (sulfide) groups is 1. The third kappa shape index (κ3) is 5.60. The second kappa shape index (κ2) is 8.63. The third-order valence-corrected chi connectivity index (χ3v) is 4.63. The van der Waals surface area contributed by atoms with Crippen molar-refractivity contribution >= 4 is 58.1 Å². The van der Waals surface area contributed by atoms with Crippen LogP contribution in [0.1, 0.15) is 17.0 Å². The van der Waals surface area contributed by atoms with E-state index in [1.165, 1.54) is 18.0 Å². The minimum absolute atomic E-state index is 0.0657. The smallest absolute Gasteiger partial charge is 0.250 e. The summed E-state index contributed by atoms with van der Waals surface area (Å²) in [5, 5.41) is 14.8. The minimum Gasteiger partial charge on any atom is -0.506 e. The molecule has 1 aromatic carbocycles. The highest BCUT2D eigenvalue weighted by Gasteiger charge is 2.07. The van der Waals surface area contributed by atoms with Gasteiger partial charge in [0.25, 0.3) is 5.91 Å². The van der Waals surface area contributed by atoms with Crippen molar-refractivity contribution in [1.29, 1.82) is 0 Å². The maximum absolute atomic E-state index is 11.8. The maximum atomic E-state index is 11.8. The Bertz CT molecular complexity index is 781. The highest BCUT2D eigenvalue weighted by molar-refractivity contribution is 14.1. The van der Waals surface area contributed by atoms with Gasteiger partial charge in [0.15, 0.2) is 5.16 Å². The second-order valence-electron chi connectivity index (χ2n) is 4.84. The lowest BCUT2D eigenvalue weighted by molar-refractivity contribution is -0.118. The Morgan fingerprint density at radius 2 is 2.04 bits per heavy atom. The van der Waals surface area contributed by atoms with Gasteiger partial charge in [0, 0.05) is 22.0 Å². The van der Waals surface area contributed by atoms with Crippen LogP contribution in [0.5, 0.6) is 5.75 Å². The summed E-state index contributed by atoms with van der Waals surface area (Å²) in [6.45, 7) is 3.75. The van der Waals surface area contributed by atoms with Crippen LogP contribution in [0.15, 0.2) is 28.5 Å². The summed E-state index contributed by atoms with van der Waals surface area (Å²) in [4.78, 5) is 20.3. The molecule has 0 aliphatic heterocycles. The molecule has 0 bridgehead atoms. The molecule has 2 N–H and O–H groups in total. The molecule has 1 aromatic heterocycles. The van der Waals surface area contributed by atoms with Crippen LogP contribution >= 0.6 is 46.0 Å². The number of aromatic hydroxyl groups is 1. The predicted octanol–water partition coefficient (Wildman–Crippen LogP) is 3.30. The second-order valence-corrected chi connectivity index (χ2v) is 7.38. The first kappa shape index (κ1) is 18.9. The zero-order chi connectivity index (χ0) is 17.7. The van der Waals surface area contributed by atoms with E-state index in [1.54, 1.807) is 12.1 Å². The van der Waals surface area contributed by atoms with Gasteiger partial charge in [-0.2, -0.15) is 5.10 Å². The first-order valence-electron chi connectivity index (χ1n) is 6.80. The van der Waals surface area contributed by atoms with Crippen molar-refractivity contribution in [3.05, 3.63) is 43.7 Å². The van der Waals surface area contributed by atoms with Crippen LogP contribution in [0.2, 0.25) is 5.02 Å². The Balaban J connectivity index is 1.91. The van der Waals surface area contributed by atoms with E-state index in [0.717, 1.165) is 11.4 Å². The summed E-state index contributed by atoms with van der Waals surface area (Å²) in [5.41, 5.74) is 4.53. The first-order valence-corrected chi connectivity index (χ1v) is 9.24. The van der Waals surface area contributed by atoms with Gasteiger partial charge in [0.1, 0.15) is 5.75 Å². The predicted molar refractivity (Wildman–Crippen MR) is 104 cm³/mol. The number of nitrogens with one attached hydrogen (secondary N) is 1. The van der Waals surface area contributed by atoms with Gasteiger partial charge in [-0.25, -0.2) is 15.4 Å². The Morgan fingerprint density at radius 1 is 1.38 bits per heavy atom. The molecule has 126 valence electrons. The quantitative estimate of drug-likeness (QED) is 0.227. The van der Waals surface area contributed by atoms with Crippen molar-refractivity contribution in [2.24, 2.45) is 5.10 Å². The lowest BCUT2D eigenvalue weighted by atomic mass is 10.2. The van der Waals surface area contributed by atoms with E-state index in [-0.39, 0.29) is 17.4 Å². The number of rotatable bonds is 5. The van der Waals surface area contributed by atoms with Crippen molar-refractivity contribution in [1.82, 2.24) is 15.4 Å². The SMILES string of the molecule is Cc1cc(C)nc(SCC(=O)N/N=C\c2cc(Cl)cc(I)c2O)n1. The topological polar surface area (TPSA) is 87.5 Å². The molecule has 0 aliphatic carbocycles. The van der Waals surface area contributed by atoms with E-state index >= 15 is 0 Å². The van der Waals surface area contributed by atoms with Gasteiger partial charge in [-0.3, -0.25) is 4.79 Å². The number of hydrogen-bond acceptors (Lipinski definition) is 6. The number of halogens is 2. The number of aryl methyl sites for hydroxylation is 2. The van der Waals surface area contributed by atoms with Crippen molar-refractivity contribution in [2.45, 2.75) is 19.0 Å². The molecule has 0 radical (unpaired) electrons. The van der Waals surface area contributed by atoms with Gasteiger partial charge in [-0.1, -0.05) is 23.4 Å². The average Bonchev–Trinajstić information content (AvgIpc) is 2.49. The largest absolute Gasteiger partial charge is 0.506 e. The highest BCUT2D eigenvalue weighted by atomic mass is 127. The van der Waals surface area contributed by atoms with Crippen LogP contribution in [-0.2, 0) is 4.79 Å². The number of phenolic OH excluding ortho intramolecular Hbond substituents is 1. The lowest BCUT2D eigenvalue weighted by Gasteiger charge is -2.04. The molecule has 6 nitrogen and oxygen atoms in total. The van der Waals surface area contributed by atoms with E-state index in [4.69, 9.17) is 11.6 Å². The van der Waals surface area contributed by atoms with Gasteiger partial charge < -0.3 is 5.11 Å². The summed E-state index contributed by atoms with van der Waals surface area (Å²) in [7, 11) is 0. The molecule has 1 heterocycles. The number of nitrogens with zero attached hydrogens (tertiary/aromatic N) is 3. The van der Waals surface area contributed by atoms with Crippen LogP contribution in [-0.4, -0.2) is 32.9 Å². The molecule has 1 amide bonds. The van der Waals surface area contributed by atoms with Crippen molar-refractivity contribution < 1.29 is 9.90 Å². The van der Waals surface area contributed by atoms with Gasteiger partial charge in [-0.05, 0) is 54.6 Å². The number of carbonyl (C=O) groups excluding carboxylic acids is 1. The number of hydrazone groups is 1. The van der Waals surface area contributed by atoms with Crippen LogP contribution in [0, 0.1) is 17.4 Å². The van der Waals surface area contributed by atoms with Crippen molar-refractivity contribution in [2.75, 3.05) is 5.75 Å². The monoisotopic (exact) mass is 476 g/mol. The normalized spacial score (nSPS) is 11.0.